The van der Waals surface area contributed by atoms with E-state index in [0.29, 0.717) is 36.2 Å². The number of nitrogens with one attached hydrogen (secondary N) is 2. The third kappa shape index (κ3) is 5.97. The van der Waals surface area contributed by atoms with Crippen LogP contribution in [0.1, 0.15) is 12.8 Å². The number of piperazine rings is 1. The van der Waals surface area contributed by atoms with E-state index in [-0.39, 0.29) is 11.8 Å². The van der Waals surface area contributed by atoms with Crippen molar-refractivity contribution >= 4 is 34.5 Å². The van der Waals surface area contributed by atoms with Crippen molar-refractivity contribution < 1.29 is 14.1 Å². The summed E-state index contributed by atoms with van der Waals surface area (Å²) in [6, 6.07) is 11.0. The van der Waals surface area contributed by atoms with Crippen molar-refractivity contribution in [3.8, 4) is 10.7 Å². The monoisotopic (exact) mass is 440 g/mol. The second kappa shape index (κ2) is 9.82. The van der Waals surface area contributed by atoms with Gasteiger partial charge in [-0.25, -0.2) is 0 Å². The molecule has 31 heavy (non-hydrogen) atoms. The van der Waals surface area contributed by atoms with Crippen molar-refractivity contribution in [1.29, 1.82) is 0 Å². The van der Waals surface area contributed by atoms with Gasteiger partial charge in [-0.2, -0.15) is 4.98 Å². The summed E-state index contributed by atoms with van der Waals surface area (Å²) in [6.45, 7) is 5.65. The molecule has 9 nitrogen and oxygen atoms in total. The van der Waals surface area contributed by atoms with Crippen LogP contribution in [0.3, 0.4) is 0 Å². The molecule has 2 aromatic heterocycles. The minimum atomic E-state index is -0.127. The molecule has 3 aromatic rings. The summed E-state index contributed by atoms with van der Waals surface area (Å²) < 4.78 is 5.38. The molecule has 162 valence electrons. The summed E-state index contributed by atoms with van der Waals surface area (Å²) in [5, 5.41) is 11.6. The van der Waals surface area contributed by atoms with Crippen LogP contribution < -0.4 is 10.6 Å². The van der Waals surface area contributed by atoms with E-state index in [2.05, 4.69) is 30.6 Å². The highest BCUT2D eigenvalue weighted by molar-refractivity contribution is 7.13. The molecule has 1 aromatic carbocycles. The summed E-state index contributed by atoms with van der Waals surface area (Å²) in [5.74, 6) is 1.05. The fraction of sp³-hybridized carbons (Fsp3) is 0.333. The van der Waals surface area contributed by atoms with Gasteiger partial charge in [0.15, 0.2) is 0 Å². The number of thiophene rings is 1. The van der Waals surface area contributed by atoms with E-state index in [1.165, 1.54) is 6.92 Å². The highest BCUT2D eigenvalue weighted by atomic mass is 32.1. The van der Waals surface area contributed by atoms with Gasteiger partial charge in [-0.3, -0.25) is 19.4 Å². The molecule has 1 fully saturated rings. The number of rotatable bonds is 7. The standard InChI is InChI=1S/C21H24N6O3S/c1-15(28)22-16-4-6-17(7-5-16)23-19(29)13-26-8-10-27(11-9-26)14-20-24-21(25-30-20)18-3-2-12-31-18/h2-7,12H,8-11,13-14H2,1H3,(H,22,28)(H,23,29). The van der Waals surface area contributed by atoms with Crippen molar-refractivity contribution in [2.75, 3.05) is 43.4 Å². The lowest BCUT2D eigenvalue weighted by molar-refractivity contribution is -0.118. The van der Waals surface area contributed by atoms with Crippen LogP contribution in [0.15, 0.2) is 46.3 Å². The molecule has 0 saturated carbocycles. The summed E-state index contributed by atoms with van der Waals surface area (Å²) >= 11 is 1.58. The SMILES string of the molecule is CC(=O)Nc1ccc(NC(=O)CN2CCN(Cc3nc(-c4cccs4)no3)CC2)cc1. The van der Waals surface area contributed by atoms with E-state index in [4.69, 9.17) is 4.52 Å². The Labute approximate surface area is 184 Å². The lowest BCUT2D eigenvalue weighted by atomic mass is 10.2. The molecule has 3 heterocycles. The molecule has 0 aliphatic carbocycles. The predicted molar refractivity (Wildman–Crippen MR) is 119 cm³/mol. The Bertz CT molecular complexity index is 1010. The number of carbonyl (C=O) groups is 2. The Morgan fingerprint density at radius 3 is 2.35 bits per heavy atom. The highest BCUT2D eigenvalue weighted by Crippen LogP contribution is 2.21. The zero-order valence-corrected chi connectivity index (χ0v) is 18.0. The third-order valence-electron chi connectivity index (χ3n) is 4.89. The van der Waals surface area contributed by atoms with Crippen molar-refractivity contribution in [3.63, 3.8) is 0 Å². The van der Waals surface area contributed by atoms with Gasteiger partial charge in [0.25, 0.3) is 0 Å². The van der Waals surface area contributed by atoms with E-state index < -0.39 is 0 Å². The van der Waals surface area contributed by atoms with Crippen LogP contribution in [0.2, 0.25) is 0 Å². The van der Waals surface area contributed by atoms with Gasteiger partial charge in [0.1, 0.15) is 0 Å². The Morgan fingerprint density at radius 1 is 1.03 bits per heavy atom. The second-order valence-electron chi connectivity index (χ2n) is 7.35. The molecule has 10 heteroatoms. The molecule has 0 atom stereocenters. The number of anilines is 2. The van der Waals surface area contributed by atoms with Gasteiger partial charge in [-0.15, -0.1) is 11.3 Å². The first kappa shape index (κ1) is 21.2. The lowest BCUT2D eigenvalue weighted by Crippen LogP contribution is -2.48. The van der Waals surface area contributed by atoms with Crippen LogP contribution in [0, 0.1) is 0 Å². The third-order valence-corrected chi connectivity index (χ3v) is 5.76. The molecule has 2 amide bonds. The maximum Gasteiger partial charge on any atom is 0.241 e. The molecule has 1 aliphatic rings. The lowest BCUT2D eigenvalue weighted by Gasteiger charge is -2.33. The van der Waals surface area contributed by atoms with Gasteiger partial charge < -0.3 is 15.2 Å². The fourth-order valence-corrected chi connectivity index (χ4v) is 4.01. The Balaban J connectivity index is 1.20. The molecule has 1 saturated heterocycles. The van der Waals surface area contributed by atoms with Crippen molar-refractivity contribution in [1.82, 2.24) is 19.9 Å². The average Bonchev–Trinajstić information content (AvgIpc) is 3.42. The molecule has 2 N–H and O–H groups in total. The minimum Gasteiger partial charge on any atom is -0.338 e. The molecule has 0 radical (unpaired) electrons. The van der Waals surface area contributed by atoms with Crippen molar-refractivity contribution in [3.05, 3.63) is 47.7 Å². The maximum atomic E-state index is 12.4. The maximum absolute atomic E-state index is 12.4. The number of hydrogen-bond donors (Lipinski definition) is 2. The molecular weight excluding hydrogens is 416 g/mol. The number of benzene rings is 1. The van der Waals surface area contributed by atoms with Gasteiger partial charge in [-0.05, 0) is 35.7 Å². The summed E-state index contributed by atoms with van der Waals surface area (Å²) in [7, 11) is 0. The quantitative estimate of drug-likeness (QED) is 0.582. The first-order valence-electron chi connectivity index (χ1n) is 10.0. The average molecular weight is 441 g/mol. The molecule has 4 rings (SSSR count). The van der Waals surface area contributed by atoms with Crippen LogP contribution in [0.4, 0.5) is 11.4 Å². The van der Waals surface area contributed by atoms with Crippen LogP contribution in [0.5, 0.6) is 0 Å². The Morgan fingerprint density at radius 2 is 1.71 bits per heavy atom. The predicted octanol–water partition coefficient (Wildman–Crippen LogP) is 2.51. The highest BCUT2D eigenvalue weighted by Gasteiger charge is 2.21. The van der Waals surface area contributed by atoms with Gasteiger partial charge in [0, 0.05) is 44.5 Å². The van der Waals surface area contributed by atoms with Gasteiger partial charge >= 0.3 is 0 Å². The van der Waals surface area contributed by atoms with E-state index in [1.54, 1.807) is 35.6 Å². The molecule has 0 bridgehead atoms. The van der Waals surface area contributed by atoms with E-state index >= 15 is 0 Å². The molecular formula is C21H24N6O3S. The topological polar surface area (TPSA) is 104 Å². The number of carbonyl (C=O) groups excluding carboxylic acids is 2. The van der Waals surface area contributed by atoms with Gasteiger partial charge in [0.2, 0.25) is 23.5 Å². The van der Waals surface area contributed by atoms with Gasteiger partial charge in [-0.1, -0.05) is 11.2 Å². The number of aromatic nitrogens is 2. The van der Waals surface area contributed by atoms with Crippen LogP contribution in [-0.4, -0.2) is 64.5 Å². The number of amides is 2. The first-order chi connectivity index (χ1) is 15.0. The summed E-state index contributed by atoms with van der Waals surface area (Å²) in [4.78, 5) is 33.3. The summed E-state index contributed by atoms with van der Waals surface area (Å²) in [6.07, 6.45) is 0. The Hall–Kier alpha value is -3.08. The molecule has 1 aliphatic heterocycles. The largest absolute Gasteiger partial charge is 0.338 e. The number of hydrogen-bond acceptors (Lipinski definition) is 8. The molecule has 0 spiro atoms. The van der Waals surface area contributed by atoms with Crippen molar-refractivity contribution in [2.45, 2.75) is 13.5 Å². The fourth-order valence-electron chi connectivity index (χ4n) is 3.37. The van der Waals surface area contributed by atoms with Crippen LogP contribution in [-0.2, 0) is 16.1 Å². The van der Waals surface area contributed by atoms with E-state index in [1.807, 2.05) is 17.5 Å². The first-order valence-corrected chi connectivity index (χ1v) is 10.9. The van der Waals surface area contributed by atoms with E-state index in [9.17, 15) is 9.59 Å². The Kier molecular flexibility index (Phi) is 6.70. The van der Waals surface area contributed by atoms with Crippen LogP contribution >= 0.6 is 11.3 Å². The van der Waals surface area contributed by atoms with Crippen LogP contribution in [0.25, 0.3) is 10.7 Å². The zero-order valence-electron chi connectivity index (χ0n) is 17.2. The smallest absolute Gasteiger partial charge is 0.241 e. The van der Waals surface area contributed by atoms with E-state index in [0.717, 1.165) is 31.1 Å². The van der Waals surface area contributed by atoms with Gasteiger partial charge in [0.05, 0.1) is 18.0 Å². The normalized spacial score (nSPS) is 15.0. The molecule has 0 unspecified atom stereocenters. The van der Waals surface area contributed by atoms with Crippen molar-refractivity contribution in [2.24, 2.45) is 0 Å². The zero-order chi connectivity index (χ0) is 21.6. The second-order valence-corrected chi connectivity index (χ2v) is 8.30. The number of nitrogens with zero attached hydrogens (tertiary/aromatic N) is 4. The summed E-state index contributed by atoms with van der Waals surface area (Å²) in [5.41, 5.74) is 1.40. The minimum absolute atomic E-state index is 0.0572.